The van der Waals surface area contributed by atoms with Gasteiger partial charge in [-0.05, 0) is 20.8 Å². The zero-order valence-corrected chi connectivity index (χ0v) is 6.50. The monoisotopic (exact) mass is 131 g/mol. The number of allylic oxidation sites excluding steroid dienone is 1. The molecular weight excluding hydrogens is 118 g/mol. The molecule has 0 bridgehead atoms. The quantitative estimate of drug-likeness (QED) is 0.430. The average molecular weight is 131 g/mol. The first-order valence-electron chi connectivity index (χ1n) is 2.74. The molecule has 0 aromatic heterocycles. The molecule has 0 fully saturated rings. The van der Waals surface area contributed by atoms with E-state index in [0.717, 1.165) is 0 Å². The second-order valence-corrected chi connectivity index (χ2v) is 2.14. The first-order valence-corrected chi connectivity index (χ1v) is 3.19. The van der Waals surface area contributed by atoms with E-state index in [2.05, 4.69) is 37.5 Å². The van der Waals surface area contributed by atoms with Gasteiger partial charge in [0.2, 0.25) is 0 Å². The van der Waals surface area contributed by atoms with Crippen LogP contribution in [0.2, 0.25) is 0 Å². The van der Waals surface area contributed by atoms with Gasteiger partial charge in [-0.1, -0.05) is 24.5 Å². The van der Waals surface area contributed by atoms with Crippen molar-refractivity contribution in [3.8, 4) is 0 Å². The maximum Gasteiger partial charge on any atom is 0.0347 e. The highest BCUT2D eigenvalue weighted by atomic mass is 32.1. The minimum Gasteiger partial charge on any atom is -0.260 e. The van der Waals surface area contributed by atoms with Crippen molar-refractivity contribution in [2.45, 2.75) is 26.8 Å². The highest BCUT2D eigenvalue weighted by Crippen LogP contribution is 1.98. The zero-order chi connectivity index (χ0) is 6.57. The summed E-state index contributed by atoms with van der Waals surface area (Å²) in [5.74, 6) is 0. The molecule has 1 N–H and O–H groups in total. The highest BCUT2D eigenvalue weighted by Gasteiger charge is 1.96. The van der Waals surface area contributed by atoms with Crippen LogP contribution in [0.25, 0.3) is 0 Å². The molecule has 0 aliphatic rings. The summed E-state index contributed by atoms with van der Waals surface area (Å²) in [6.45, 7) is 6.17. The zero-order valence-electron chi connectivity index (χ0n) is 5.60. The van der Waals surface area contributed by atoms with Crippen LogP contribution in [-0.2, 0) is 0 Å². The second kappa shape index (κ2) is 3.98. The number of hydrogen-bond donors (Lipinski definition) is 2. The van der Waals surface area contributed by atoms with Crippen molar-refractivity contribution in [3.63, 3.8) is 0 Å². The summed E-state index contributed by atoms with van der Waals surface area (Å²) in [5, 5.41) is 0. The smallest absolute Gasteiger partial charge is 0.0347 e. The summed E-state index contributed by atoms with van der Waals surface area (Å²) in [7, 11) is 0. The first kappa shape index (κ1) is 8.05. The van der Waals surface area contributed by atoms with Crippen LogP contribution in [0.5, 0.6) is 0 Å². The van der Waals surface area contributed by atoms with Gasteiger partial charge in [-0.25, -0.2) is 0 Å². The molecule has 8 heavy (non-hydrogen) atoms. The maximum atomic E-state index is 3.92. The van der Waals surface area contributed by atoms with Gasteiger partial charge >= 0.3 is 0 Å². The Kier molecular flexibility index (Phi) is 4.01. The minimum absolute atomic E-state index is 0.392. The summed E-state index contributed by atoms with van der Waals surface area (Å²) in [6, 6.07) is 0.392. The van der Waals surface area contributed by atoms with E-state index in [1.807, 2.05) is 6.92 Å². The first-order chi connectivity index (χ1) is 3.72. The third-order valence-electron chi connectivity index (χ3n) is 1.33. The Morgan fingerprint density at radius 2 is 2.25 bits per heavy atom. The fourth-order valence-electron chi connectivity index (χ4n) is 0.352. The van der Waals surface area contributed by atoms with Crippen molar-refractivity contribution >= 4 is 12.8 Å². The van der Waals surface area contributed by atoms with Crippen LogP contribution in [0, 0.1) is 0 Å². The summed E-state index contributed by atoms with van der Waals surface area (Å²) >= 11 is 3.92. The van der Waals surface area contributed by atoms with Gasteiger partial charge in [0.1, 0.15) is 0 Å². The standard InChI is InChI=1S/C6H13NS/c1-4-5(2)6(3)7-8/h4,6-8H,1-3H3. The van der Waals surface area contributed by atoms with Crippen molar-refractivity contribution in [2.24, 2.45) is 0 Å². The average Bonchev–Trinajstić information content (AvgIpc) is 1.84. The van der Waals surface area contributed by atoms with E-state index in [4.69, 9.17) is 0 Å². The topological polar surface area (TPSA) is 12.0 Å². The minimum atomic E-state index is 0.392. The van der Waals surface area contributed by atoms with Crippen molar-refractivity contribution in [1.29, 1.82) is 0 Å². The lowest BCUT2D eigenvalue weighted by atomic mass is 10.2. The fourth-order valence-corrected chi connectivity index (χ4v) is 0.555. The molecule has 48 valence electrons. The SMILES string of the molecule is CC=C(C)C(C)NS. The van der Waals surface area contributed by atoms with E-state index in [-0.39, 0.29) is 0 Å². The molecule has 0 spiro atoms. The van der Waals surface area contributed by atoms with Crippen LogP contribution in [0.4, 0.5) is 0 Å². The Balaban J connectivity index is 3.63. The van der Waals surface area contributed by atoms with Gasteiger partial charge < -0.3 is 0 Å². The third kappa shape index (κ3) is 2.38. The molecule has 1 atom stereocenters. The van der Waals surface area contributed by atoms with Gasteiger partial charge in [0.05, 0.1) is 0 Å². The van der Waals surface area contributed by atoms with Gasteiger partial charge in [-0.3, -0.25) is 4.72 Å². The number of rotatable bonds is 2. The molecule has 0 aliphatic carbocycles. The van der Waals surface area contributed by atoms with Crippen LogP contribution >= 0.6 is 12.8 Å². The van der Waals surface area contributed by atoms with Crippen molar-refractivity contribution in [2.75, 3.05) is 0 Å². The Morgan fingerprint density at radius 3 is 2.38 bits per heavy atom. The molecule has 2 heteroatoms. The van der Waals surface area contributed by atoms with Gasteiger partial charge in [0.15, 0.2) is 0 Å². The van der Waals surface area contributed by atoms with Crippen LogP contribution in [0.15, 0.2) is 11.6 Å². The molecule has 0 heterocycles. The largest absolute Gasteiger partial charge is 0.260 e. The Labute approximate surface area is 56.7 Å². The molecular formula is C6H13NS. The lowest BCUT2D eigenvalue weighted by Gasteiger charge is -2.07. The normalized spacial score (nSPS) is 16.2. The molecule has 0 saturated heterocycles. The molecule has 0 aromatic carbocycles. The summed E-state index contributed by atoms with van der Waals surface area (Å²) in [4.78, 5) is 0. The van der Waals surface area contributed by atoms with Crippen LogP contribution in [0.3, 0.4) is 0 Å². The predicted octanol–water partition coefficient (Wildman–Crippen LogP) is 1.78. The number of nitrogens with one attached hydrogen (secondary N) is 1. The van der Waals surface area contributed by atoms with Gasteiger partial charge in [0, 0.05) is 6.04 Å². The highest BCUT2D eigenvalue weighted by molar-refractivity contribution is 7.78. The molecule has 0 radical (unpaired) electrons. The Bertz CT molecular complexity index is 88.5. The summed E-state index contributed by atoms with van der Waals surface area (Å²) in [5.41, 5.74) is 1.32. The fraction of sp³-hybridized carbons (Fsp3) is 0.667. The van der Waals surface area contributed by atoms with Crippen LogP contribution < -0.4 is 4.72 Å². The summed E-state index contributed by atoms with van der Waals surface area (Å²) in [6.07, 6.45) is 2.08. The van der Waals surface area contributed by atoms with Crippen LogP contribution in [0.1, 0.15) is 20.8 Å². The molecule has 1 unspecified atom stereocenters. The van der Waals surface area contributed by atoms with E-state index < -0.39 is 0 Å². The lowest BCUT2D eigenvalue weighted by Crippen LogP contribution is -2.16. The van der Waals surface area contributed by atoms with Crippen molar-refractivity contribution in [3.05, 3.63) is 11.6 Å². The molecule has 1 nitrogen and oxygen atoms in total. The van der Waals surface area contributed by atoms with Gasteiger partial charge in [-0.2, -0.15) is 0 Å². The van der Waals surface area contributed by atoms with E-state index >= 15 is 0 Å². The van der Waals surface area contributed by atoms with Crippen molar-refractivity contribution < 1.29 is 0 Å². The molecule has 0 amide bonds. The van der Waals surface area contributed by atoms with E-state index in [0.29, 0.717) is 6.04 Å². The third-order valence-corrected chi connectivity index (χ3v) is 1.72. The van der Waals surface area contributed by atoms with Gasteiger partial charge in [0.25, 0.3) is 0 Å². The molecule has 0 aromatic rings. The number of thiol groups is 1. The number of hydrogen-bond acceptors (Lipinski definition) is 2. The van der Waals surface area contributed by atoms with E-state index in [1.54, 1.807) is 0 Å². The molecule has 0 saturated carbocycles. The van der Waals surface area contributed by atoms with E-state index in [9.17, 15) is 0 Å². The van der Waals surface area contributed by atoms with Crippen LogP contribution in [-0.4, -0.2) is 6.04 Å². The van der Waals surface area contributed by atoms with Gasteiger partial charge in [-0.15, -0.1) is 0 Å². The summed E-state index contributed by atoms with van der Waals surface area (Å²) < 4.78 is 2.84. The lowest BCUT2D eigenvalue weighted by molar-refractivity contribution is 0.801. The molecule has 0 rings (SSSR count). The Hall–Kier alpha value is 0.0500. The Morgan fingerprint density at radius 1 is 1.75 bits per heavy atom. The van der Waals surface area contributed by atoms with E-state index in [1.165, 1.54) is 5.57 Å². The second-order valence-electron chi connectivity index (χ2n) is 1.88. The predicted molar refractivity (Wildman–Crippen MR) is 41.0 cm³/mol. The molecule has 0 aliphatic heterocycles. The maximum absolute atomic E-state index is 3.92. The van der Waals surface area contributed by atoms with Crippen molar-refractivity contribution in [1.82, 2.24) is 4.72 Å².